The molecule has 0 heterocycles. The summed E-state index contributed by atoms with van der Waals surface area (Å²) >= 11 is 0. The van der Waals surface area contributed by atoms with Gasteiger partial charge in [0.25, 0.3) is 5.91 Å². The van der Waals surface area contributed by atoms with Gasteiger partial charge in [-0.3, -0.25) is 4.79 Å². The van der Waals surface area contributed by atoms with Crippen molar-refractivity contribution in [1.82, 2.24) is 5.43 Å². The molecule has 0 saturated heterocycles. The maximum Gasteiger partial charge on any atom is 0.271 e. The van der Waals surface area contributed by atoms with Crippen LogP contribution in [0, 0.1) is 20.8 Å². The molecule has 2 aromatic carbocycles. The van der Waals surface area contributed by atoms with Crippen molar-refractivity contribution in [2.75, 3.05) is 0 Å². The van der Waals surface area contributed by atoms with E-state index >= 15 is 0 Å². The number of benzene rings is 2. The van der Waals surface area contributed by atoms with Crippen LogP contribution >= 0.6 is 0 Å². The molecule has 0 bridgehead atoms. The Morgan fingerprint density at radius 3 is 2.09 bits per heavy atom. The number of phenolic OH excluding ortho intramolecular Hbond substituents is 2. The van der Waals surface area contributed by atoms with Crippen molar-refractivity contribution in [3.8, 4) is 11.5 Å². The highest BCUT2D eigenvalue weighted by Crippen LogP contribution is 2.20. The fourth-order valence-electron chi connectivity index (χ4n) is 2.34. The molecule has 5 heteroatoms. The number of carbonyl (C=O) groups excluding carboxylic acids is 1. The summed E-state index contributed by atoms with van der Waals surface area (Å²) in [7, 11) is 0. The Morgan fingerprint density at radius 1 is 1.00 bits per heavy atom. The first-order chi connectivity index (χ1) is 10.4. The first-order valence-corrected chi connectivity index (χ1v) is 6.81. The summed E-state index contributed by atoms with van der Waals surface area (Å²) in [6, 6.07) is 7.76. The predicted molar refractivity (Wildman–Crippen MR) is 85.5 cm³/mol. The molecule has 114 valence electrons. The zero-order valence-corrected chi connectivity index (χ0v) is 12.7. The molecule has 0 aliphatic carbocycles. The third-order valence-electron chi connectivity index (χ3n) is 3.26. The average molecular weight is 298 g/mol. The van der Waals surface area contributed by atoms with E-state index in [9.17, 15) is 15.0 Å². The number of hydrogen-bond acceptors (Lipinski definition) is 4. The Kier molecular flexibility index (Phi) is 4.46. The number of nitrogens with zero attached hydrogens (tertiary/aromatic N) is 1. The fraction of sp³-hybridized carbons (Fsp3) is 0.176. The van der Waals surface area contributed by atoms with Crippen LogP contribution in [0.25, 0.3) is 0 Å². The summed E-state index contributed by atoms with van der Waals surface area (Å²) in [4.78, 5) is 11.9. The number of nitrogens with one attached hydrogen (secondary N) is 1. The summed E-state index contributed by atoms with van der Waals surface area (Å²) in [5, 5.41) is 22.7. The zero-order valence-electron chi connectivity index (χ0n) is 12.7. The minimum absolute atomic E-state index is 0.131. The highest BCUT2D eigenvalue weighted by Gasteiger charge is 2.07. The Hall–Kier alpha value is -2.82. The monoisotopic (exact) mass is 298 g/mol. The molecule has 0 spiro atoms. The minimum Gasteiger partial charge on any atom is -0.508 e. The van der Waals surface area contributed by atoms with Gasteiger partial charge in [0.15, 0.2) is 0 Å². The van der Waals surface area contributed by atoms with E-state index in [4.69, 9.17) is 0 Å². The second-order valence-corrected chi connectivity index (χ2v) is 5.25. The zero-order chi connectivity index (χ0) is 16.3. The van der Waals surface area contributed by atoms with Crippen molar-refractivity contribution in [3.05, 3.63) is 58.1 Å². The molecule has 2 aromatic rings. The van der Waals surface area contributed by atoms with Crippen LogP contribution in [-0.4, -0.2) is 22.3 Å². The Bertz CT molecular complexity index is 708. The average Bonchev–Trinajstić information content (AvgIpc) is 2.40. The number of amides is 1. The molecular weight excluding hydrogens is 280 g/mol. The topological polar surface area (TPSA) is 81.9 Å². The molecule has 0 aliphatic rings. The van der Waals surface area contributed by atoms with Crippen LogP contribution in [0.3, 0.4) is 0 Å². The third-order valence-corrected chi connectivity index (χ3v) is 3.26. The van der Waals surface area contributed by atoms with Crippen molar-refractivity contribution in [3.63, 3.8) is 0 Å². The molecule has 0 radical (unpaired) electrons. The number of rotatable bonds is 3. The van der Waals surface area contributed by atoms with Gasteiger partial charge in [-0.2, -0.15) is 5.10 Å². The lowest BCUT2D eigenvalue weighted by Gasteiger charge is -2.06. The number of carbonyl (C=O) groups is 1. The molecule has 3 N–H and O–H groups in total. The maximum atomic E-state index is 11.9. The lowest BCUT2D eigenvalue weighted by Crippen LogP contribution is -2.17. The van der Waals surface area contributed by atoms with Crippen LogP contribution in [0.1, 0.15) is 32.6 Å². The number of phenols is 2. The quantitative estimate of drug-likeness (QED) is 0.602. The number of hydrogen-bond donors (Lipinski definition) is 3. The standard InChI is InChI=1S/C17H18N2O3/c1-10-4-11(2)16(12(3)5-10)9-18-19-17(22)13-6-14(20)8-15(21)7-13/h4-9,20-21H,1-3H3,(H,19,22)/b18-9+. The molecule has 2 rings (SSSR count). The Morgan fingerprint density at radius 2 is 1.55 bits per heavy atom. The molecule has 5 nitrogen and oxygen atoms in total. The van der Waals surface area contributed by atoms with Gasteiger partial charge in [-0.05, 0) is 44.0 Å². The molecule has 1 amide bonds. The normalized spacial score (nSPS) is 10.9. The summed E-state index contributed by atoms with van der Waals surface area (Å²) in [5.74, 6) is -0.872. The van der Waals surface area contributed by atoms with Gasteiger partial charge in [0.1, 0.15) is 11.5 Å². The van der Waals surface area contributed by atoms with Crippen LogP contribution in [0.2, 0.25) is 0 Å². The number of hydrazone groups is 1. The van der Waals surface area contributed by atoms with Crippen LogP contribution < -0.4 is 5.43 Å². The fourth-order valence-corrected chi connectivity index (χ4v) is 2.34. The summed E-state index contributed by atoms with van der Waals surface area (Å²) in [5.41, 5.74) is 6.78. The van der Waals surface area contributed by atoms with Gasteiger partial charge in [0.2, 0.25) is 0 Å². The van der Waals surface area contributed by atoms with E-state index in [0.717, 1.165) is 22.8 Å². The van der Waals surface area contributed by atoms with E-state index in [1.54, 1.807) is 6.21 Å². The van der Waals surface area contributed by atoms with Crippen molar-refractivity contribution in [1.29, 1.82) is 0 Å². The van der Waals surface area contributed by atoms with Crippen molar-refractivity contribution in [2.45, 2.75) is 20.8 Å². The summed E-state index contributed by atoms with van der Waals surface area (Å²) in [6.45, 7) is 5.99. The van der Waals surface area contributed by atoms with Crippen LogP contribution in [-0.2, 0) is 0 Å². The van der Waals surface area contributed by atoms with E-state index in [0.29, 0.717) is 0 Å². The van der Waals surface area contributed by atoms with Crippen LogP contribution in [0.4, 0.5) is 0 Å². The SMILES string of the molecule is Cc1cc(C)c(/C=N/NC(=O)c2cc(O)cc(O)c2)c(C)c1. The third kappa shape index (κ3) is 3.63. The molecule has 0 saturated carbocycles. The van der Waals surface area contributed by atoms with Crippen molar-refractivity contribution < 1.29 is 15.0 Å². The molecule has 0 unspecified atom stereocenters. The molecule has 0 fully saturated rings. The smallest absolute Gasteiger partial charge is 0.271 e. The highest BCUT2D eigenvalue weighted by molar-refractivity contribution is 5.95. The van der Waals surface area contributed by atoms with Crippen molar-refractivity contribution >= 4 is 12.1 Å². The second kappa shape index (κ2) is 6.30. The van der Waals surface area contributed by atoms with Gasteiger partial charge in [-0.25, -0.2) is 5.43 Å². The minimum atomic E-state index is -0.509. The van der Waals surface area contributed by atoms with Gasteiger partial charge in [0.05, 0.1) is 6.21 Å². The lowest BCUT2D eigenvalue weighted by atomic mass is 10.0. The lowest BCUT2D eigenvalue weighted by molar-refractivity contribution is 0.0954. The number of aryl methyl sites for hydroxylation is 3. The Balaban J connectivity index is 2.14. The van der Waals surface area contributed by atoms with E-state index in [1.165, 1.54) is 17.7 Å². The Labute approximate surface area is 128 Å². The number of aromatic hydroxyl groups is 2. The first-order valence-electron chi connectivity index (χ1n) is 6.81. The molecule has 0 aromatic heterocycles. The van der Waals surface area contributed by atoms with Crippen LogP contribution in [0.15, 0.2) is 35.4 Å². The van der Waals surface area contributed by atoms with Crippen LogP contribution in [0.5, 0.6) is 11.5 Å². The van der Waals surface area contributed by atoms with E-state index in [1.807, 2.05) is 32.9 Å². The van der Waals surface area contributed by atoms with E-state index in [-0.39, 0.29) is 17.1 Å². The van der Waals surface area contributed by atoms with Crippen molar-refractivity contribution in [2.24, 2.45) is 5.10 Å². The predicted octanol–water partition coefficient (Wildman–Crippen LogP) is 2.79. The van der Waals surface area contributed by atoms with E-state index in [2.05, 4.69) is 10.5 Å². The highest BCUT2D eigenvalue weighted by atomic mass is 16.3. The summed E-state index contributed by atoms with van der Waals surface area (Å²) in [6.07, 6.45) is 1.59. The van der Waals surface area contributed by atoms with Gasteiger partial charge >= 0.3 is 0 Å². The van der Waals surface area contributed by atoms with Gasteiger partial charge < -0.3 is 10.2 Å². The second-order valence-electron chi connectivity index (χ2n) is 5.25. The molecule has 0 aliphatic heterocycles. The molecule has 0 atom stereocenters. The van der Waals surface area contributed by atoms with E-state index < -0.39 is 5.91 Å². The molecular formula is C17H18N2O3. The van der Waals surface area contributed by atoms with Gasteiger partial charge in [-0.1, -0.05) is 17.7 Å². The van der Waals surface area contributed by atoms with Gasteiger partial charge in [-0.15, -0.1) is 0 Å². The largest absolute Gasteiger partial charge is 0.508 e. The maximum absolute atomic E-state index is 11.9. The summed E-state index contributed by atoms with van der Waals surface area (Å²) < 4.78 is 0. The first kappa shape index (κ1) is 15.6. The van der Waals surface area contributed by atoms with Gasteiger partial charge in [0, 0.05) is 17.2 Å². The molecule has 22 heavy (non-hydrogen) atoms.